The van der Waals surface area contributed by atoms with E-state index in [1.54, 1.807) is 42.3 Å². The van der Waals surface area contributed by atoms with Gasteiger partial charge < -0.3 is 4.90 Å². The minimum absolute atomic E-state index is 0.0129. The third-order valence-corrected chi connectivity index (χ3v) is 5.42. The highest BCUT2D eigenvalue weighted by molar-refractivity contribution is 7.92. The summed E-state index contributed by atoms with van der Waals surface area (Å²) >= 11 is 5.94. The van der Waals surface area contributed by atoms with E-state index >= 15 is 0 Å². The number of fused-ring (bicyclic) bond motifs is 1. The van der Waals surface area contributed by atoms with Gasteiger partial charge in [-0.25, -0.2) is 8.42 Å². The van der Waals surface area contributed by atoms with Gasteiger partial charge in [0.05, 0.1) is 11.4 Å². The van der Waals surface area contributed by atoms with Crippen molar-refractivity contribution in [2.24, 2.45) is 0 Å². The van der Waals surface area contributed by atoms with Crippen molar-refractivity contribution >= 4 is 38.9 Å². The fourth-order valence-electron chi connectivity index (χ4n) is 2.41. The Morgan fingerprint density at radius 3 is 2.64 bits per heavy atom. The van der Waals surface area contributed by atoms with Crippen LogP contribution in [0.2, 0.25) is 5.02 Å². The molecule has 7 heteroatoms. The molecule has 0 aromatic heterocycles. The van der Waals surface area contributed by atoms with Crippen molar-refractivity contribution in [3.63, 3.8) is 0 Å². The number of hydrogen-bond donors (Lipinski definition) is 1. The summed E-state index contributed by atoms with van der Waals surface area (Å²) in [5.74, 6) is -0.0129. The standard InChI is InChI=1S/C15H13ClN2O3S/c1-18-13-7-6-11(8-10(13)9-15(18)19)17-22(20,21)14-5-3-2-4-12(14)16/h2-8,17H,9H2,1H3. The van der Waals surface area contributed by atoms with E-state index in [2.05, 4.69) is 4.72 Å². The molecule has 2 aromatic carbocycles. The highest BCUT2D eigenvalue weighted by Gasteiger charge is 2.25. The summed E-state index contributed by atoms with van der Waals surface area (Å²) in [6, 6.07) is 11.3. The average Bonchev–Trinajstić information content (AvgIpc) is 2.73. The van der Waals surface area contributed by atoms with Gasteiger partial charge in [-0.3, -0.25) is 9.52 Å². The molecule has 0 spiro atoms. The number of carbonyl (C=O) groups excluding carboxylic acids is 1. The van der Waals surface area contributed by atoms with Crippen molar-refractivity contribution in [1.82, 2.24) is 0 Å². The monoisotopic (exact) mass is 336 g/mol. The van der Waals surface area contributed by atoms with Crippen LogP contribution in [-0.2, 0) is 21.2 Å². The highest BCUT2D eigenvalue weighted by atomic mass is 35.5. The largest absolute Gasteiger partial charge is 0.315 e. The normalized spacial score (nSPS) is 14.1. The molecular formula is C15H13ClN2O3S. The molecule has 0 aliphatic carbocycles. The third kappa shape index (κ3) is 2.55. The number of amides is 1. The fraction of sp³-hybridized carbons (Fsp3) is 0.133. The van der Waals surface area contributed by atoms with Gasteiger partial charge in [0.15, 0.2) is 0 Å². The fourth-order valence-corrected chi connectivity index (χ4v) is 3.98. The van der Waals surface area contributed by atoms with Crippen LogP contribution in [0, 0.1) is 0 Å². The second-order valence-corrected chi connectivity index (χ2v) is 7.07. The van der Waals surface area contributed by atoms with Crippen LogP contribution in [0.25, 0.3) is 0 Å². The quantitative estimate of drug-likeness (QED) is 0.937. The molecule has 1 N–H and O–H groups in total. The predicted molar refractivity (Wildman–Crippen MR) is 85.8 cm³/mol. The summed E-state index contributed by atoms with van der Waals surface area (Å²) in [5.41, 5.74) is 2.00. The minimum Gasteiger partial charge on any atom is -0.315 e. The SMILES string of the molecule is CN1C(=O)Cc2cc(NS(=O)(=O)c3ccccc3Cl)ccc21. The number of anilines is 2. The predicted octanol–water partition coefficient (Wildman–Crippen LogP) is 2.66. The van der Waals surface area contributed by atoms with Gasteiger partial charge >= 0.3 is 0 Å². The Bertz CT molecular complexity index is 865. The molecule has 1 heterocycles. The van der Waals surface area contributed by atoms with Crippen molar-refractivity contribution in [1.29, 1.82) is 0 Å². The maximum atomic E-state index is 12.4. The smallest absolute Gasteiger partial charge is 0.263 e. The molecule has 1 aliphatic rings. The number of benzene rings is 2. The number of carbonyl (C=O) groups is 1. The Morgan fingerprint density at radius 1 is 1.18 bits per heavy atom. The molecule has 0 atom stereocenters. The second-order valence-electron chi connectivity index (χ2n) is 5.01. The molecule has 1 aliphatic heterocycles. The maximum Gasteiger partial charge on any atom is 0.263 e. The zero-order valence-corrected chi connectivity index (χ0v) is 13.3. The van der Waals surface area contributed by atoms with Crippen LogP contribution in [-0.4, -0.2) is 21.4 Å². The third-order valence-electron chi connectivity index (χ3n) is 3.54. The maximum absolute atomic E-state index is 12.4. The Kier molecular flexibility index (Phi) is 3.58. The zero-order chi connectivity index (χ0) is 15.9. The van der Waals surface area contributed by atoms with Crippen LogP contribution in [0.15, 0.2) is 47.4 Å². The van der Waals surface area contributed by atoms with E-state index in [9.17, 15) is 13.2 Å². The lowest BCUT2D eigenvalue weighted by Gasteiger charge is -2.12. The van der Waals surface area contributed by atoms with E-state index in [4.69, 9.17) is 11.6 Å². The molecule has 0 saturated carbocycles. The number of hydrogen-bond acceptors (Lipinski definition) is 3. The molecule has 22 heavy (non-hydrogen) atoms. The first-order valence-corrected chi connectivity index (χ1v) is 8.41. The number of sulfonamides is 1. The van der Waals surface area contributed by atoms with Crippen LogP contribution in [0.1, 0.15) is 5.56 Å². The van der Waals surface area contributed by atoms with E-state index < -0.39 is 10.0 Å². The molecule has 3 rings (SSSR count). The molecule has 2 aromatic rings. The number of halogens is 1. The first kappa shape index (κ1) is 14.9. The van der Waals surface area contributed by atoms with Gasteiger partial charge in [-0.15, -0.1) is 0 Å². The Balaban J connectivity index is 1.93. The average molecular weight is 337 g/mol. The molecule has 5 nitrogen and oxygen atoms in total. The van der Waals surface area contributed by atoms with E-state index in [0.29, 0.717) is 5.69 Å². The van der Waals surface area contributed by atoms with Crippen LogP contribution in [0.4, 0.5) is 11.4 Å². The molecule has 1 amide bonds. The van der Waals surface area contributed by atoms with Gasteiger partial charge in [0, 0.05) is 18.4 Å². The first-order valence-electron chi connectivity index (χ1n) is 6.55. The second kappa shape index (κ2) is 5.30. The topological polar surface area (TPSA) is 66.5 Å². The van der Waals surface area contributed by atoms with Gasteiger partial charge in [-0.2, -0.15) is 0 Å². The van der Waals surface area contributed by atoms with Gasteiger partial charge in [-0.05, 0) is 35.9 Å². The molecule has 0 bridgehead atoms. The molecule has 0 unspecified atom stereocenters. The summed E-state index contributed by atoms with van der Waals surface area (Å²) in [5, 5.41) is 0.158. The first-order chi connectivity index (χ1) is 10.4. The van der Waals surface area contributed by atoms with Gasteiger partial charge in [0.25, 0.3) is 10.0 Å². The van der Waals surface area contributed by atoms with E-state index in [-0.39, 0.29) is 22.2 Å². The minimum atomic E-state index is -3.77. The molecule has 114 valence electrons. The van der Waals surface area contributed by atoms with Crippen molar-refractivity contribution in [3.05, 3.63) is 53.1 Å². The van der Waals surface area contributed by atoms with Crippen molar-refractivity contribution in [3.8, 4) is 0 Å². The van der Waals surface area contributed by atoms with Crippen LogP contribution < -0.4 is 9.62 Å². The molecule has 0 saturated heterocycles. The Hall–Kier alpha value is -2.05. The lowest BCUT2D eigenvalue weighted by molar-refractivity contribution is -0.117. The number of rotatable bonds is 3. The van der Waals surface area contributed by atoms with E-state index in [1.807, 2.05) is 0 Å². The summed E-state index contributed by atoms with van der Waals surface area (Å²) < 4.78 is 27.2. The van der Waals surface area contributed by atoms with Crippen LogP contribution in [0.3, 0.4) is 0 Å². The number of likely N-dealkylation sites (N-methyl/N-ethyl adjacent to an activating group) is 1. The molecular weight excluding hydrogens is 324 g/mol. The lowest BCUT2D eigenvalue weighted by Crippen LogP contribution is -2.20. The zero-order valence-electron chi connectivity index (χ0n) is 11.7. The summed E-state index contributed by atoms with van der Waals surface area (Å²) in [6.07, 6.45) is 0.271. The molecule has 0 radical (unpaired) electrons. The van der Waals surface area contributed by atoms with Crippen LogP contribution in [0.5, 0.6) is 0 Å². The van der Waals surface area contributed by atoms with Crippen molar-refractivity contribution in [2.45, 2.75) is 11.3 Å². The molecule has 0 fully saturated rings. The van der Waals surface area contributed by atoms with Crippen molar-refractivity contribution < 1.29 is 13.2 Å². The summed E-state index contributed by atoms with van der Waals surface area (Å²) in [7, 11) is -2.07. The summed E-state index contributed by atoms with van der Waals surface area (Å²) in [4.78, 5) is 13.2. The van der Waals surface area contributed by atoms with Crippen molar-refractivity contribution in [2.75, 3.05) is 16.7 Å². The van der Waals surface area contributed by atoms with Crippen LogP contribution >= 0.6 is 11.6 Å². The highest BCUT2D eigenvalue weighted by Crippen LogP contribution is 2.31. The number of nitrogens with zero attached hydrogens (tertiary/aromatic N) is 1. The summed E-state index contributed by atoms with van der Waals surface area (Å²) in [6.45, 7) is 0. The van der Waals surface area contributed by atoms with Gasteiger partial charge in [0.2, 0.25) is 5.91 Å². The van der Waals surface area contributed by atoms with E-state index in [1.165, 1.54) is 12.1 Å². The number of nitrogens with one attached hydrogen (secondary N) is 1. The lowest BCUT2D eigenvalue weighted by atomic mass is 10.1. The Labute approximate surface area is 133 Å². The van der Waals surface area contributed by atoms with Gasteiger partial charge in [0.1, 0.15) is 4.90 Å². The van der Waals surface area contributed by atoms with E-state index in [0.717, 1.165) is 11.3 Å². The van der Waals surface area contributed by atoms with Gasteiger partial charge in [-0.1, -0.05) is 23.7 Å². The Morgan fingerprint density at radius 2 is 1.91 bits per heavy atom.